The molecule has 0 bridgehead atoms. The highest BCUT2D eigenvalue weighted by atomic mass is 16.6. The topological polar surface area (TPSA) is 184 Å². The number of carbonyl (C=O) groups is 1. The van der Waals surface area contributed by atoms with Crippen molar-refractivity contribution in [3.63, 3.8) is 0 Å². The first-order chi connectivity index (χ1) is 20.4. The van der Waals surface area contributed by atoms with Gasteiger partial charge in [-0.25, -0.2) is 4.63 Å². The molecule has 0 aliphatic heterocycles. The van der Waals surface area contributed by atoms with Crippen LogP contribution in [-0.4, -0.2) is 67.9 Å². The van der Waals surface area contributed by atoms with Crippen LogP contribution >= 0.6 is 0 Å². The zero-order chi connectivity index (χ0) is 30.6. The highest BCUT2D eigenvalue weighted by molar-refractivity contribution is 5.93. The zero-order valence-electron chi connectivity index (χ0n) is 25.1. The number of non-ortho nitro benzene ring substituents is 1. The van der Waals surface area contributed by atoms with Crippen molar-refractivity contribution in [1.29, 1.82) is 0 Å². The molecule has 238 valence electrons. The number of hydrogen-bond donors (Lipinski definition) is 5. The van der Waals surface area contributed by atoms with Crippen LogP contribution in [0.15, 0.2) is 16.8 Å². The fourth-order valence-electron chi connectivity index (χ4n) is 5.11. The number of nitro groups is 1. The van der Waals surface area contributed by atoms with Gasteiger partial charge in [-0.1, -0.05) is 90.4 Å². The van der Waals surface area contributed by atoms with Crippen LogP contribution in [0.5, 0.6) is 0 Å². The number of amides is 1. The average Bonchev–Trinajstić information content (AvgIpc) is 3.48. The summed E-state index contributed by atoms with van der Waals surface area (Å²) in [4.78, 5) is 22.9. The number of nitrogens with one attached hydrogen (secondary N) is 2. The Kier molecular flexibility index (Phi) is 17.6. The normalized spacial score (nSPS) is 13.6. The van der Waals surface area contributed by atoms with E-state index in [0.29, 0.717) is 25.1 Å². The van der Waals surface area contributed by atoms with Crippen LogP contribution in [0.4, 0.5) is 11.4 Å². The van der Waals surface area contributed by atoms with Crippen molar-refractivity contribution in [3.8, 4) is 0 Å². The number of aliphatic hydroxyl groups is 3. The van der Waals surface area contributed by atoms with Crippen LogP contribution in [-0.2, 0) is 4.79 Å². The molecule has 5 N–H and O–H groups in total. The molecule has 2 aromatic rings. The molecule has 0 spiro atoms. The summed E-state index contributed by atoms with van der Waals surface area (Å²) in [6.07, 6.45) is 15.1. The van der Waals surface area contributed by atoms with Gasteiger partial charge in [0.1, 0.15) is 6.10 Å². The smallest absolute Gasteiger partial charge is 0.300 e. The molecule has 0 saturated heterocycles. The molecule has 3 atom stereocenters. The zero-order valence-corrected chi connectivity index (χ0v) is 25.1. The molecule has 0 unspecified atom stereocenters. The Labute approximate surface area is 248 Å². The van der Waals surface area contributed by atoms with Gasteiger partial charge in [0.2, 0.25) is 11.4 Å². The second-order valence-corrected chi connectivity index (χ2v) is 11.2. The Hall–Kier alpha value is -2.83. The van der Waals surface area contributed by atoms with Gasteiger partial charge >= 0.3 is 5.69 Å². The molecule has 1 aromatic heterocycles. The average molecular weight is 594 g/mol. The highest BCUT2D eigenvalue weighted by Crippen LogP contribution is 2.28. The minimum Gasteiger partial charge on any atom is -0.394 e. The van der Waals surface area contributed by atoms with Crippen molar-refractivity contribution >= 4 is 28.3 Å². The van der Waals surface area contributed by atoms with Gasteiger partial charge in [0.15, 0.2) is 5.52 Å². The molecule has 12 nitrogen and oxygen atoms in total. The molecule has 0 fully saturated rings. The largest absolute Gasteiger partial charge is 0.394 e. The third-order valence-corrected chi connectivity index (χ3v) is 7.69. The Bertz CT molecular complexity index is 1030. The van der Waals surface area contributed by atoms with E-state index in [-0.39, 0.29) is 29.0 Å². The summed E-state index contributed by atoms with van der Waals surface area (Å²) < 4.78 is 4.65. The SMILES string of the molecule is CCCCCCCCCCCCCC[C@@H](O)[C@H](O)[C@@H](CO)NC(=O)CCCCCNc1ccc([N+](=O)[O-])c2nonc12. The number of carbonyl (C=O) groups excluding carboxylic acids is 1. The molecule has 1 aromatic carbocycles. The van der Waals surface area contributed by atoms with Crippen LogP contribution in [0.3, 0.4) is 0 Å². The molecule has 0 aliphatic rings. The van der Waals surface area contributed by atoms with E-state index in [2.05, 4.69) is 32.5 Å². The molecule has 0 radical (unpaired) electrons. The molecule has 0 aliphatic carbocycles. The summed E-state index contributed by atoms with van der Waals surface area (Å²) in [5.74, 6) is -0.288. The van der Waals surface area contributed by atoms with Gasteiger partial charge < -0.3 is 26.0 Å². The maximum Gasteiger partial charge on any atom is 0.300 e. The molecule has 1 heterocycles. The van der Waals surface area contributed by atoms with Gasteiger partial charge in [0.05, 0.1) is 29.4 Å². The number of aromatic nitrogens is 2. The fraction of sp³-hybridized carbons (Fsp3) is 0.767. The minimum atomic E-state index is -1.22. The maximum absolute atomic E-state index is 12.4. The van der Waals surface area contributed by atoms with Crippen molar-refractivity contribution in [2.24, 2.45) is 0 Å². The predicted molar refractivity (Wildman–Crippen MR) is 162 cm³/mol. The van der Waals surface area contributed by atoms with E-state index in [1.54, 1.807) is 6.07 Å². The summed E-state index contributed by atoms with van der Waals surface area (Å²) in [6, 6.07) is 2.00. The number of aliphatic hydroxyl groups excluding tert-OH is 3. The first kappa shape index (κ1) is 35.4. The number of benzene rings is 1. The monoisotopic (exact) mass is 593 g/mol. The Morgan fingerprint density at radius 1 is 0.905 bits per heavy atom. The lowest BCUT2D eigenvalue weighted by atomic mass is 9.99. The van der Waals surface area contributed by atoms with E-state index in [0.717, 1.165) is 32.1 Å². The lowest BCUT2D eigenvalue weighted by Crippen LogP contribution is -2.50. The van der Waals surface area contributed by atoms with E-state index >= 15 is 0 Å². The van der Waals surface area contributed by atoms with Gasteiger partial charge in [-0.3, -0.25) is 14.9 Å². The van der Waals surface area contributed by atoms with Crippen molar-refractivity contribution in [1.82, 2.24) is 15.6 Å². The van der Waals surface area contributed by atoms with E-state index in [9.17, 15) is 30.2 Å². The second kappa shape index (κ2) is 21.0. The lowest BCUT2D eigenvalue weighted by Gasteiger charge is -2.26. The van der Waals surface area contributed by atoms with Gasteiger partial charge in [-0.2, -0.15) is 0 Å². The minimum absolute atomic E-state index is 0.0847. The maximum atomic E-state index is 12.4. The Morgan fingerprint density at radius 2 is 1.50 bits per heavy atom. The van der Waals surface area contributed by atoms with E-state index < -0.39 is 29.8 Å². The Morgan fingerprint density at radius 3 is 2.12 bits per heavy atom. The van der Waals surface area contributed by atoms with Crippen molar-refractivity contribution in [2.75, 3.05) is 18.5 Å². The fourth-order valence-corrected chi connectivity index (χ4v) is 5.11. The molecule has 2 rings (SSSR count). The summed E-state index contributed by atoms with van der Waals surface area (Å²) in [7, 11) is 0. The van der Waals surface area contributed by atoms with E-state index in [1.165, 1.54) is 63.9 Å². The van der Waals surface area contributed by atoms with Crippen molar-refractivity contribution in [3.05, 3.63) is 22.2 Å². The first-order valence-electron chi connectivity index (χ1n) is 15.8. The van der Waals surface area contributed by atoms with Crippen LogP contribution in [0.2, 0.25) is 0 Å². The Balaban J connectivity index is 1.54. The van der Waals surface area contributed by atoms with E-state index in [1.807, 2.05) is 0 Å². The lowest BCUT2D eigenvalue weighted by molar-refractivity contribution is -0.383. The number of hydrogen-bond acceptors (Lipinski definition) is 10. The first-order valence-corrected chi connectivity index (χ1v) is 15.8. The number of rotatable bonds is 25. The number of nitrogens with zero attached hydrogens (tertiary/aromatic N) is 3. The predicted octanol–water partition coefficient (Wildman–Crippen LogP) is 5.39. The van der Waals surface area contributed by atoms with Gasteiger partial charge in [0, 0.05) is 19.0 Å². The summed E-state index contributed by atoms with van der Waals surface area (Å²) >= 11 is 0. The van der Waals surface area contributed by atoms with Gasteiger partial charge in [0.25, 0.3) is 0 Å². The molecular formula is C30H51N5O7. The molecule has 12 heteroatoms. The van der Waals surface area contributed by atoms with Crippen molar-refractivity contribution in [2.45, 2.75) is 134 Å². The van der Waals surface area contributed by atoms with Crippen LogP contribution in [0.25, 0.3) is 11.0 Å². The van der Waals surface area contributed by atoms with Gasteiger partial charge in [-0.15, -0.1) is 0 Å². The van der Waals surface area contributed by atoms with E-state index in [4.69, 9.17) is 0 Å². The van der Waals surface area contributed by atoms with Crippen LogP contribution in [0, 0.1) is 10.1 Å². The molecule has 0 saturated carbocycles. The summed E-state index contributed by atoms with van der Waals surface area (Å²) in [5.41, 5.74) is 0.780. The molecule has 1 amide bonds. The standard InChI is InChI=1S/C30H51N5O7/c1-2-3-4-5-6-7-8-9-10-11-12-14-17-26(37)30(39)24(22-36)32-27(38)18-15-13-16-21-31-23-19-20-25(35(40)41)29-28(23)33-42-34-29/h19-20,24,26,30-31,36-37,39H,2-18,21-22H2,1H3,(H,32,38)/t24-,26-,30-/m1/s1. The summed E-state index contributed by atoms with van der Waals surface area (Å²) in [5, 5.41) is 54.8. The third-order valence-electron chi connectivity index (χ3n) is 7.69. The summed E-state index contributed by atoms with van der Waals surface area (Å²) in [6.45, 7) is 2.34. The number of unbranched alkanes of at least 4 members (excludes halogenated alkanes) is 13. The van der Waals surface area contributed by atoms with Gasteiger partial charge in [-0.05, 0) is 35.6 Å². The highest BCUT2D eigenvalue weighted by Gasteiger charge is 2.27. The quantitative estimate of drug-likeness (QED) is 0.0568. The number of nitro benzene ring substituents is 1. The second-order valence-electron chi connectivity index (χ2n) is 11.2. The number of fused-ring (bicyclic) bond motifs is 1. The molecular weight excluding hydrogens is 542 g/mol. The van der Waals surface area contributed by atoms with Crippen LogP contribution in [0.1, 0.15) is 116 Å². The van der Waals surface area contributed by atoms with Crippen LogP contribution < -0.4 is 10.6 Å². The number of anilines is 1. The molecule has 42 heavy (non-hydrogen) atoms. The third kappa shape index (κ3) is 13.0. The van der Waals surface area contributed by atoms with Crippen molar-refractivity contribution < 1.29 is 29.7 Å².